The molecule has 42 valence electrons. The molecule has 0 aromatic heterocycles. The second-order valence-electron chi connectivity index (χ2n) is 1.35. The minimum Gasteiger partial charge on any atom is -0.395 e. The van der Waals surface area contributed by atoms with Crippen molar-refractivity contribution in [3.8, 4) is 0 Å². The van der Waals surface area contributed by atoms with E-state index >= 15 is 0 Å². The highest BCUT2D eigenvalue weighted by atomic mass is 16.3. The quantitative estimate of drug-likeness (QED) is 0.445. The van der Waals surface area contributed by atoms with Crippen LogP contribution in [-0.2, 0) is 4.79 Å². The molecule has 3 heteroatoms. The van der Waals surface area contributed by atoms with Gasteiger partial charge >= 0.3 is 0 Å². The molecule has 0 bridgehead atoms. The molecule has 0 aromatic rings. The lowest BCUT2D eigenvalue weighted by molar-refractivity contribution is -0.108. The third-order valence-corrected chi connectivity index (χ3v) is 0.633. The minimum atomic E-state index is -0.363. The van der Waals surface area contributed by atoms with E-state index < -0.39 is 0 Å². The molecule has 3 nitrogen and oxygen atoms in total. The largest absolute Gasteiger partial charge is 0.395 e. The highest BCUT2D eigenvalue weighted by molar-refractivity contribution is 5.50. The van der Waals surface area contributed by atoms with E-state index in [4.69, 9.17) is 10.8 Å². The number of rotatable bonds is 3. The number of hydrogen-bond acceptors (Lipinski definition) is 3. The van der Waals surface area contributed by atoms with E-state index in [0.29, 0.717) is 6.29 Å². The lowest BCUT2D eigenvalue weighted by Crippen LogP contribution is -2.24. The number of carbonyl (C=O) groups excluding carboxylic acids is 1. The third-order valence-electron chi connectivity index (χ3n) is 0.633. The van der Waals surface area contributed by atoms with Crippen molar-refractivity contribution >= 4 is 6.29 Å². The molecular formula is C4H9NO2. The highest BCUT2D eigenvalue weighted by Gasteiger charge is 1.94. The van der Waals surface area contributed by atoms with Gasteiger partial charge < -0.3 is 15.6 Å². The van der Waals surface area contributed by atoms with E-state index in [1.54, 1.807) is 0 Å². The molecule has 1 atom stereocenters. The van der Waals surface area contributed by atoms with Crippen molar-refractivity contribution in [3.05, 3.63) is 0 Å². The van der Waals surface area contributed by atoms with E-state index in [9.17, 15) is 4.79 Å². The lowest BCUT2D eigenvalue weighted by Gasteiger charge is -1.98. The predicted octanol–water partition coefficient (Wildman–Crippen LogP) is -1.10. The van der Waals surface area contributed by atoms with E-state index in [2.05, 4.69) is 0 Å². The van der Waals surface area contributed by atoms with Gasteiger partial charge in [-0.05, 0) is 0 Å². The molecule has 0 saturated heterocycles. The van der Waals surface area contributed by atoms with Gasteiger partial charge in [0, 0.05) is 12.5 Å². The highest BCUT2D eigenvalue weighted by Crippen LogP contribution is 1.77. The predicted molar refractivity (Wildman–Crippen MR) is 25.7 cm³/mol. The van der Waals surface area contributed by atoms with Crippen molar-refractivity contribution in [1.29, 1.82) is 0 Å². The van der Waals surface area contributed by atoms with Crippen molar-refractivity contribution in [1.82, 2.24) is 0 Å². The van der Waals surface area contributed by atoms with Gasteiger partial charge in [-0.1, -0.05) is 0 Å². The lowest BCUT2D eigenvalue weighted by atomic mass is 10.3. The maximum Gasteiger partial charge on any atom is 0.121 e. The third kappa shape index (κ3) is 3.42. The maximum atomic E-state index is 9.58. The molecule has 0 aliphatic rings. The van der Waals surface area contributed by atoms with Gasteiger partial charge in [-0.2, -0.15) is 0 Å². The van der Waals surface area contributed by atoms with Crippen LogP contribution in [0.15, 0.2) is 0 Å². The molecule has 0 amide bonds. The summed E-state index contributed by atoms with van der Waals surface area (Å²) in [5, 5.41) is 8.18. The van der Waals surface area contributed by atoms with Crippen LogP contribution in [0.1, 0.15) is 6.42 Å². The summed E-state index contributed by atoms with van der Waals surface area (Å²) >= 11 is 0. The second kappa shape index (κ2) is 3.77. The molecular weight excluding hydrogens is 94.0 g/mol. The Kier molecular flexibility index (Phi) is 3.55. The maximum absolute atomic E-state index is 9.58. The number of nitrogens with two attached hydrogens (primary N) is 1. The van der Waals surface area contributed by atoms with Crippen molar-refractivity contribution in [3.63, 3.8) is 0 Å². The van der Waals surface area contributed by atoms with Crippen LogP contribution in [0.25, 0.3) is 0 Å². The van der Waals surface area contributed by atoms with E-state index in [0.717, 1.165) is 0 Å². The molecule has 3 N–H and O–H groups in total. The molecule has 1 unspecified atom stereocenters. The van der Waals surface area contributed by atoms with E-state index in [1.807, 2.05) is 0 Å². The monoisotopic (exact) mass is 103 g/mol. The molecule has 0 aliphatic heterocycles. The Morgan fingerprint density at radius 2 is 2.43 bits per heavy atom. The minimum absolute atomic E-state index is 0.112. The average Bonchev–Trinajstić information content (AvgIpc) is 1.68. The zero-order valence-electron chi connectivity index (χ0n) is 4.00. The first kappa shape index (κ1) is 6.59. The summed E-state index contributed by atoms with van der Waals surface area (Å²) in [5.41, 5.74) is 5.10. The van der Waals surface area contributed by atoms with Crippen LogP contribution in [0.4, 0.5) is 0 Å². The summed E-state index contributed by atoms with van der Waals surface area (Å²) in [6.07, 6.45) is 0.942. The first-order valence-electron chi connectivity index (χ1n) is 2.11. The Hall–Kier alpha value is -0.410. The number of hydrogen-bond donors (Lipinski definition) is 2. The van der Waals surface area contributed by atoms with Crippen LogP contribution in [-0.4, -0.2) is 24.0 Å². The van der Waals surface area contributed by atoms with E-state index in [-0.39, 0.29) is 19.1 Å². The topological polar surface area (TPSA) is 63.3 Å². The standard InChI is InChI=1S/C4H9NO2/c5-4(3-7)1-2-6/h2,4,7H,1,3,5H2. The SMILES string of the molecule is NC(CO)CC=O. The molecule has 0 saturated carbocycles. The Balaban J connectivity index is 2.98. The van der Waals surface area contributed by atoms with Gasteiger partial charge in [0.25, 0.3) is 0 Å². The summed E-state index contributed by atoms with van der Waals surface area (Å²) < 4.78 is 0. The van der Waals surface area contributed by atoms with E-state index in [1.165, 1.54) is 0 Å². The molecule has 0 spiro atoms. The molecule has 0 fully saturated rings. The van der Waals surface area contributed by atoms with Crippen LogP contribution in [0.5, 0.6) is 0 Å². The van der Waals surface area contributed by atoms with Crippen molar-refractivity contribution in [2.24, 2.45) is 5.73 Å². The van der Waals surface area contributed by atoms with Crippen LogP contribution in [0.2, 0.25) is 0 Å². The van der Waals surface area contributed by atoms with Gasteiger partial charge in [0.05, 0.1) is 6.61 Å². The number of aliphatic hydroxyl groups is 1. The second-order valence-corrected chi connectivity index (χ2v) is 1.35. The summed E-state index contributed by atoms with van der Waals surface area (Å²) in [7, 11) is 0. The first-order valence-corrected chi connectivity index (χ1v) is 2.11. The Labute approximate surface area is 42.1 Å². The fourth-order valence-electron chi connectivity index (χ4n) is 0.198. The molecule has 0 heterocycles. The van der Waals surface area contributed by atoms with Gasteiger partial charge in [0.1, 0.15) is 6.29 Å². The number of aliphatic hydroxyl groups excluding tert-OH is 1. The number of carbonyl (C=O) groups is 1. The van der Waals surface area contributed by atoms with Crippen LogP contribution < -0.4 is 5.73 Å². The Bertz CT molecular complexity index is 55.7. The smallest absolute Gasteiger partial charge is 0.121 e. The fraction of sp³-hybridized carbons (Fsp3) is 0.750. The first-order chi connectivity index (χ1) is 3.31. The summed E-state index contributed by atoms with van der Waals surface area (Å²) in [4.78, 5) is 9.58. The Morgan fingerprint density at radius 3 is 2.57 bits per heavy atom. The van der Waals surface area contributed by atoms with Gasteiger partial charge in [0.2, 0.25) is 0 Å². The summed E-state index contributed by atoms with van der Waals surface area (Å²) in [5.74, 6) is 0. The van der Waals surface area contributed by atoms with Gasteiger partial charge in [-0.25, -0.2) is 0 Å². The normalized spacial score (nSPS) is 13.4. The van der Waals surface area contributed by atoms with Gasteiger partial charge in [0.15, 0.2) is 0 Å². The molecule has 0 aromatic carbocycles. The van der Waals surface area contributed by atoms with Crippen molar-refractivity contribution < 1.29 is 9.90 Å². The van der Waals surface area contributed by atoms with Gasteiger partial charge in [-0.15, -0.1) is 0 Å². The molecule has 7 heavy (non-hydrogen) atoms. The molecule has 0 rings (SSSR count). The van der Waals surface area contributed by atoms with Crippen molar-refractivity contribution in [2.45, 2.75) is 12.5 Å². The summed E-state index contributed by atoms with van der Waals surface area (Å²) in [6.45, 7) is -0.112. The number of aldehydes is 1. The Morgan fingerprint density at radius 1 is 1.86 bits per heavy atom. The van der Waals surface area contributed by atoms with Crippen molar-refractivity contribution in [2.75, 3.05) is 6.61 Å². The zero-order valence-corrected chi connectivity index (χ0v) is 4.00. The van der Waals surface area contributed by atoms with Crippen LogP contribution in [0, 0.1) is 0 Å². The average molecular weight is 103 g/mol. The fourth-order valence-corrected chi connectivity index (χ4v) is 0.198. The van der Waals surface area contributed by atoms with Crippen LogP contribution in [0.3, 0.4) is 0 Å². The molecule has 0 radical (unpaired) electrons. The van der Waals surface area contributed by atoms with Gasteiger partial charge in [-0.3, -0.25) is 0 Å². The molecule has 0 aliphatic carbocycles. The zero-order chi connectivity index (χ0) is 5.70. The summed E-state index contributed by atoms with van der Waals surface area (Å²) in [6, 6.07) is -0.363. The van der Waals surface area contributed by atoms with Crippen LogP contribution >= 0.6 is 0 Å².